The van der Waals surface area contributed by atoms with Gasteiger partial charge < -0.3 is 10.1 Å². The van der Waals surface area contributed by atoms with E-state index in [9.17, 15) is 8.78 Å². The van der Waals surface area contributed by atoms with Crippen LogP contribution in [-0.4, -0.2) is 44.8 Å². The van der Waals surface area contributed by atoms with Crippen molar-refractivity contribution in [1.29, 1.82) is 0 Å². The molecule has 1 saturated carbocycles. The summed E-state index contributed by atoms with van der Waals surface area (Å²) in [6.45, 7) is -0.514. The number of rotatable bonds is 6. The third-order valence-corrected chi connectivity index (χ3v) is 5.30. The molecule has 1 unspecified atom stereocenters. The summed E-state index contributed by atoms with van der Waals surface area (Å²) in [5, 5.41) is 11.1. The van der Waals surface area contributed by atoms with Gasteiger partial charge >= 0.3 is 0 Å². The zero-order chi connectivity index (χ0) is 18.7. The maximum absolute atomic E-state index is 14.3. The topological polar surface area (TPSA) is 75.7 Å². The molecule has 0 amide bonds. The molecule has 1 fully saturated rings. The fourth-order valence-electron chi connectivity index (χ4n) is 3.68. The maximum Gasteiger partial charge on any atom is 0.277 e. The second-order valence-corrected chi connectivity index (χ2v) is 7.20. The van der Waals surface area contributed by atoms with Crippen LogP contribution in [0.5, 0.6) is 0 Å². The van der Waals surface area contributed by atoms with Crippen LogP contribution in [0.3, 0.4) is 0 Å². The first-order chi connectivity index (χ1) is 13.1. The summed E-state index contributed by atoms with van der Waals surface area (Å²) < 4.78 is 34.2. The number of alkyl halides is 2. The third kappa shape index (κ3) is 4.16. The van der Waals surface area contributed by atoms with Gasteiger partial charge in [0.05, 0.1) is 17.7 Å². The van der Waals surface area contributed by atoms with Gasteiger partial charge in [-0.1, -0.05) is 24.3 Å². The molecule has 2 aromatic rings. The molecule has 6 nitrogen and oxygen atoms in total. The maximum atomic E-state index is 14.3. The van der Waals surface area contributed by atoms with Crippen LogP contribution in [0.15, 0.2) is 36.8 Å². The first-order valence-corrected chi connectivity index (χ1v) is 9.35. The number of aromatic amines is 1. The lowest BCUT2D eigenvalue weighted by Gasteiger charge is -2.32. The Morgan fingerprint density at radius 2 is 2.04 bits per heavy atom. The zero-order valence-corrected chi connectivity index (χ0v) is 14.9. The van der Waals surface area contributed by atoms with Gasteiger partial charge in [0.2, 0.25) is 0 Å². The van der Waals surface area contributed by atoms with E-state index < -0.39 is 18.4 Å². The van der Waals surface area contributed by atoms with E-state index in [-0.39, 0.29) is 12.1 Å². The van der Waals surface area contributed by atoms with Crippen LogP contribution in [0.1, 0.15) is 32.1 Å². The van der Waals surface area contributed by atoms with Gasteiger partial charge in [0.25, 0.3) is 5.92 Å². The lowest BCUT2D eigenvalue weighted by atomic mass is 9.92. The van der Waals surface area contributed by atoms with Crippen molar-refractivity contribution in [2.45, 2.75) is 50.2 Å². The van der Waals surface area contributed by atoms with Crippen molar-refractivity contribution in [3.8, 4) is 0 Å². The quantitative estimate of drug-likeness (QED) is 0.802. The number of hydrogen-bond acceptors (Lipinski definition) is 5. The third-order valence-electron chi connectivity index (χ3n) is 5.30. The largest absolute Gasteiger partial charge is 0.372 e. The first kappa shape index (κ1) is 18.0. The number of fused-ring (bicyclic) bond motifs is 1. The number of anilines is 1. The predicted molar refractivity (Wildman–Crippen MR) is 98.6 cm³/mol. The van der Waals surface area contributed by atoms with Gasteiger partial charge in [-0.05, 0) is 32.1 Å². The highest BCUT2D eigenvalue weighted by Crippen LogP contribution is 2.33. The molecule has 0 aromatic carbocycles. The van der Waals surface area contributed by atoms with Crippen molar-refractivity contribution in [1.82, 2.24) is 20.2 Å². The molecule has 2 N–H and O–H groups in total. The predicted octanol–water partition coefficient (Wildman–Crippen LogP) is 3.86. The van der Waals surface area contributed by atoms with Gasteiger partial charge in [-0.25, -0.2) is 18.7 Å². The van der Waals surface area contributed by atoms with E-state index in [1.54, 1.807) is 30.5 Å². The van der Waals surface area contributed by atoms with Crippen LogP contribution in [0.4, 0.5) is 14.6 Å². The number of allylic oxidation sites excluding steroid dienone is 4. The van der Waals surface area contributed by atoms with E-state index >= 15 is 0 Å². The number of nitrogens with zero attached hydrogens (tertiary/aromatic N) is 3. The zero-order valence-electron chi connectivity index (χ0n) is 14.9. The van der Waals surface area contributed by atoms with Crippen LogP contribution in [0.2, 0.25) is 0 Å². The van der Waals surface area contributed by atoms with Crippen molar-refractivity contribution >= 4 is 16.9 Å². The molecule has 0 aliphatic heterocycles. The van der Waals surface area contributed by atoms with E-state index in [1.807, 2.05) is 0 Å². The van der Waals surface area contributed by atoms with Gasteiger partial charge in [-0.2, -0.15) is 5.10 Å². The Balaban J connectivity index is 1.26. The normalized spacial score (nSPS) is 25.8. The summed E-state index contributed by atoms with van der Waals surface area (Å²) in [5.74, 6) is -2.85. The molecular weight excluding hydrogens is 352 g/mol. The number of ether oxygens (including phenoxy) is 1. The molecule has 0 spiro atoms. The molecule has 2 aliphatic carbocycles. The molecule has 4 rings (SSSR count). The number of nitrogens with one attached hydrogen (secondary N) is 2. The smallest absolute Gasteiger partial charge is 0.277 e. The van der Waals surface area contributed by atoms with Crippen molar-refractivity contribution in [2.75, 3.05) is 11.9 Å². The fraction of sp³-hybridized carbons (Fsp3) is 0.526. The second-order valence-electron chi connectivity index (χ2n) is 7.20. The van der Waals surface area contributed by atoms with Crippen molar-refractivity contribution < 1.29 is 13.5 Å². The highest BCUT2D eigenvalue weighted by Gasteiger charge is 2.39. The Morgan fingerprint density at radius 1 is 1.19 bits per heavy atom. The van der Waals surface area contributed by atoms with Crippen LogP contribution >= 0.6 is 0 Å². The standard InChI is InChI=1S/C19H23F2N5O/c20-19(21,13-4-2-1-3-5-13)11-27-15-8-6-14(7-9-15)25-17-16-10-24-26-18(16)23-12-22-17/h1-4,10,12-15H,5-9,11H2,(H2,22,23,24,25,26). The lowest BCUT2D eigenvalue weighted by molar-refractivity contribution is -0.127. The SMILES string of the molecule is FC(F)(COC1CCC(Nc2ncnc3[nH]ncc23)CC1)C1C=CC=CC1. The number of H-pyrrole nitrogens is 1. The summed E-state index contributed by atoms with van der Waals surface area (Å²) in [6, 6.07) is 0.241. The average Bonchev–Trinajstić information content (AvgIpc) is 3.18. The Bertz CT molecular complexity index is 826. The molecule has 0 radical (unpaired) electrons. The fourth-order valence-corrected chi connectivity index (χ4v) is 3.68. The second kappa shape index (κ2) is 7.72. The molecule has 2 aromatic heterocycles. The van der Waals surface area contributed by atoms with E-state index in [0.29, 0.717) is 12.1 Å². The Morgan fingerprint density at radius 3 is 2.81 bits per heavy atom. The van der Waals surface area contributed by atoms with E-state index in [4.69, 9.17) is 4.74 Å². The minimum Gasteiger partial charge on any atom is -0.372 e. The van der Waals surface area contributed by atoms with Crippen LogP contribution in [0.25, 0.3) is 11.0 Å². The summed E-state index contributed by atoms with van der Waals surface area (Å²) in [6.07, 6.45) is 13.5. The summed E-state index contributed by atoms with van der Waals surface area (Å²) >= 11 is 0. The average molecular weight is 375 g/mol. The molecule has 0 bridgehead atoms. The van der Waals surface area contributed by atoms with E-state index in [1.165, 1.54) is 6.33 Å². The minimum atomic E-state index is -2.83. The Kier molecular flexibility index (Phi) is 5.15. The van der Waals surface area contributed by atoms with Gasteiger partial charge in [0, 0.05) is 12.0 Å². The van der Waals surface area contributed by atoms with Crippen LogP contribution < -0.4 is 5.32 Å². The van der Waals surface area contributed by atoms with Gasteiger partial charge in [-0.3, -0.25) is 5.10 Å². The Labute approximate surface area is 156 Å². The molecular formula is C19H23F2N5O. The molecule has 0 saturated heterocycles. The van der Waals surface area contributed by atoms with E-state index in [0.717, 1.165) is 36.9 Å². The Hall–Kier alpha value is -2.35. The summed E-state index contributed by atoms with van der Waals surface area (Å²) in [7, 11) is 0. The number of aromatic nitrogens is 4. The monoisotopic (exact) mass is 375 g/mol. The van der Waals surface area contributed by atoms with Gasteiger partial charge in [0.1, 0.15) is 18.8 Å². The van der Waals surface area contributed by atoms with Crippen LogP contribution in [-0.2, 0) is 4.74 Å². The highest BCUT2D eigenvalue weighted by atomic mass is 19.3. The summed E-state index contributed by atoms with van der Waals surface area (Å²) in [5.41, 5.74) is 0.693. The molecule has 2 heterocycles. The van der Waals surface area contributed by atoms with E-state index in [2.05, 4.69) is 25.5 Å². The lowest BCUT2D eigenvalue weighted by Crippen LogP contribution is -2.37. The van der Waals surface area contributed by atoms with Gasteiger partial charge in [-0.15, -0.1) is 0 Å². The molecule has 144 valence electrons. The molecule has 1 atom stereocenters. The molecule has 8 heteroatoms. The van der Waals surface area contributed by atoms with Crippen molar-refractivity contribution in [3.63, 3.8) is 0 Å². The number of halogens is 2. The summed E-state index contributed by atoms with van der Waals surface area (Å²) in [4.78, 5) is 8.41. The van der Waals surface area contributed by atoms with Crippen LogP contribution in [0, 0.1) is 5.92 Å². The number of hydrogen-bond donors (Lipinski definition) is 2. The van der Waals surface area contributed by atoms with Crippen molar-refractivity contribution in [2.24, 2.45) is 5.92 Å². The first-order valence-electron chi connectivity index (χ1n) is 9.35. The molecule has 27 heavy (non-hydrogen) atoms. The van der Waals surface area contributed by atoms with Crippen molar-refractivity contribution in [3.05, 3.63) is 36.8 Å². The highest BCUT2D eigenvalue weighted by molar-refractivity contribution is 5.85. The minimum absolute atomic E-state index is 0.114. The van der Waals surface area contributed by atoms with Gasteiger partial charge in [0.15, 0.2) is 5.65 Å². The molecule has 2 aliphatic rings.